The number of quaternary nitrogens is 1. The van der Waals surface area contributed by atoms with Gasteiger partial charge < -0.3 is 28.7 Å². The molecule has 2 saturated heterocycles. The van der Waals surface area contributed by atoms with Gasteiger partial charge in [-0.3, -0.25) is 4.90 Å². The van der Waals surface area contributed by atoms with Crippen molar-refractivity contribution in [2.75, 3.05) is 40.8 Å². The third kappa shape index (κ3) is 9.31. The molecule has 2 heterocycles. The second kappa shape index (κ2) is 13.7. The lowest BCUT2D eigenvalue weighted by Gasteiger charge is -2.28. The van der Waals surface area contributed by atoms with Gasteiger partial charge in [-0.15, -0.1) is 0 Å². The molecule has 4 rings (SSSR count). The quantitative estimate of drug-likeness (QED) is 0.311. The Morgan fingerprint density at radius 3 is 2.51 bits per heavy atom. The molecule has 236 valence electrons. The lowest BCUT2D eigenvalue weighted by atomic mass is 10.1. The van der Waals surface area contributed by atoms with Crippen molar-refractivity contribution in [1.82, 2.24) is 9.80 Å². The van der Waals surface area contributed by atoms with E-state index in [1.54, 1.807) is 4.90 Å². The number of nitrogens with zero attached hydrogens (tertiary/aromatic N) is 3. The van der Waals surface area contributed by atoms with Crippen molar-refractivity contribution in [3.63, 3.8) is 0 Å². The first-order chi connectivity index (χ1) is 20.1. The first-order valence-electron chi connectivity index (χ1n) is 14.6. The maximum atomic E-state index is 12.6. The van der Waals surface area contributed by atoms with E-state index in [2.05, 4.69) is 33.9 Å². The van der Waals surface area contributed by atoms with Crippen molar-refractivity contribution in [2.24, 2.45) is 0 Å². The molecule has 2 aliphatic heterocycles. The summed E-state index contributed by atoms with van der Waals surface area (Å²) in [7, 11) is 5.95. The van der Waals surface area contributed by atoms with Crippen LogP contribution in [-0.2, 0) is 34.0 Å². The Morgan fingerprint density at radius 1 is 1.14 bits per heavy atom. The molecule has 3 unspecified atom stereocenters. The van der Waals surface area contributed by atoms with Crippen molar-refractivity contribution in [2.45, 2.75) is 77.2 Å². The van der Waals surface area contributed by atoms with Gasteiger partial charge in [-0.05, 0) is 69.6 Å². The first-order valence-corrected chi connectivity index (χ1v) is 15.8. The van der Waals surface area contributed by atoms with Crippen LogP contribution in [-0.4, -0.2) is 96.0 Å². The molecule has 9 nitrogen and oxygen atoms in total. The van der Waals surface area contributed by atoms with Crippen LogP contribution in [0, 0.1) is 0 Å². The number of carbonyl (C=O) groups is 2. The maximum Gasteiger partial charge on any atom is 0.410 e. The number of carbonyl (C=O) groups excluding carboxylic acids is 1. The van der Waals surface area contributed by atoms with Crippen molar-refractivity contribution in [3.05, 3.63) is 62.6 Å². The molecule has 3 atom stereocenters. The Kier molecular flexibility index (Phi) is 10.7. The van der Waals surface area contributed by atoms with Gasteiger partial charge in [0.25, 0.3) is 0 Å². The maximum absolute atomic E-state index is 12.6. The number of amides is 1. The van der Waals surface area contributed by atoms with E-state index in [4.69, 9.17) is 25.8 Å². The second-order valence-electron chi connectivity index (χ2n) is 13.3. The monoisotopic (exact) mass is 680 g/mol. The standard InChI is InChI=1S/C32H43BrClN3O6/c1-32(2,3)43-31(40)36-10-9-25(17-36)35(4)16-21-11-22(19-41-27-15-29(30(38)39)37(5,6)18-27)13-26(12-21)42-20-23-7-8-24(34)14-28(23)33/h7-8,11-14,25,27,29H,9-10,15-20H2,1-6H3/p+1. The summed E-state index contributed by atoms with van der Waals surface area (Å²) in [4.78, 5) is 28.4. The summed E-state index contributed by atoms with van der Waals surface area (Å²) < 4.78 is 19.4. The van der Waals surface area contributed by atoms with Gasteiger partial charge in [0.05, 0.1) is 20.7 Å². The van der Waals surface area contributed by atoms with Crippen molar-refractivity contribution >= 4 is 39.6 Å². The van der Waals surface area contributed by atoms with Gasteiger partial charge in [-0.2, -0.15) is 0 Å². The summed E-state index contributed by atoms with van der Waals surface area (Å²) >= 11 is 9.68. The van der Waals surface area contributed by atoms with Crippen LogP contribution in [0.1, 0.15) is 50.3 Å². The topological polar surface area (TPSA) is 88.5 Å². The Morgan fingerprint density at radius 2 is 1.86 bits per heavy atom. The van der Waals surface area contributed by atoms with E-state index >= 15 is 0 Å². The minimum absolute atomic E-state index is 0.144. The van der Waals surface area contributed by atoms with Crippen LogP contribution in [0.2, 0.25) is 5.02 Å². The molecule has 0 spiro atoms. The van der Waals surface area contributed by atoms with Gasteiger partial charge in [0, 0.05) is 47.2 Å². The fraction of sp³-hybridized carbons (Fsp3) is 0.562. The molecular weight excluding hydrogens is 638 g/mol. The average Bonchev–Trinajstić information content (AvgIpc) is 3.50. The van der Waals surface area contributed by atoms with Gasteiger partial charge in [-0.25, -0.2) is 9.59 Å². The molecule has 43 heavy (non-hydrogen) atoms. The van der Waals surface area contributed by atoms with Gasteiger partial charge in [0.15, 0.2) is 6.04 Å². The zero-order chi connectivity index (χ0) is 31.5. The largest absolute Gasteiger partial charge is 0.489 e. The van der Waals surface area contributed by atoms with Crippen LogP contribution < -0.4 is 4.74 Å². The van der Waals surface area contributed by atoms with Gasteiger partial charge in [0.1, 0.15) is 30.6 Å². The predicted octanol–water partition coefficient (Wildman–Crippen LogP) is 5.94. The third-order valence-corrected chi connectivity index (χ3v) is 9.05. The van der Waals surface area contributed by atoms with Crippen LogP contribution in [0.4, 0.5) is 4.79 Å². The molecule has 2 aromatic rings. The average molecular weight is 682 g/mol. The molecule has 1 N–H and O–H groups in total. The van der Waals surface area contributed by atoms with Gasteiger partial charge in [0.2, 0.25) is 0 Å². The lowest BCUT2D eigenvalue weighted by Crippen LogP contribution is -2.48. The van der Waals surface area contributed by atoms with Gasteiger partial charge >= 0.3 is 12.1 Å². The highest BCUT2D eigenvalue weighted by Gasteiger charge is 2.46. The van der Waals surface area contributed by atoms with E-state index < -0.39 is 17.6 Å². The number of halogens is 2. The molecule has 0 radical (unpaired) electrons. The normalized spacial score (nSPS) is 21.8. The summed E-state index contributed by atoms with van der Waals surface area (Å²) in [6.07, 6.45) is 0.932. The summed E-state index contributed by atoms with van der Waals surface area (Å²) in [5.74, 6) is -0.0681. The minimum Gasteiger partial charge on any atom is -0.489 e. The highest BCUT2D eigenvalue weighted by Crippen LogP contribution is 2.29. The van der Waals surface area contributed by atoms with Crippen LogP contribution in [0.5, 0.6) is 5.75 Å². The number of likely N-dealkylation sites (tertiary alicyclic amines) is 2. The number of rotatable bonds is 10. The minimum atomic E-state index is -0.790. The molecule has 2 aromatic carbocycles. The predicted molar refractivity (Wildman–Crippen MR) is 169 cm³/mol. The van der Waals surface area contributed by atoms with E-state index in [-0.39, 0.29) is 18.2 Å². The van der Waals surface area contributed by atoms with Crippen molar-refractivity contribution < 1.29 is 33.4 Å². The zero-order valence-corrected chi connectivity index (χ0v) is 28.3. The Labute approximate surface area is 268 Å². The number of hydrogen-bond donors (Lipinski definition) is 1. The molecule has 0 saturated carbocycles. The number of carboxylic acid groups (broad SMARTS) is 1. The third-order valence-electron chi connectivity index (χ3n) is 8.08. The Hall–Kier alpha value is -2.37. The Balaban J connectivity index is 1.46. The van der Waals surface area contributed by atoms with Crippen molar-refractivity contribution in [3.8, 4) is 5.75 Å². The van der Waals surface area contributed by atoms with Crippen LogP contribution in [0.25, 0.3) is 0 Å². The van der Waals surface area contributed by atoms with E-state index in [1.165, 1.54) is 0 Å². The number of ether oxygens (including phenoxy) is 3. The zero-order valence-electron chi connectivity index (χ0n) is 25.9. The number of benzene rings is 2. The summed E-state index contributed by atoms with van der Waals surface area (Å²) in [5, 5.41) is 10.3. The molecule has 2 aliphatic rings. The van der Waals surface area contributed by atoms with E-state index in [0.717, 1.165) is 33.3 Å². The molecule has 0 aliphatic carbocycles. The van der Waals surface area contributed by atoms with Crippen LogP contribution in [0.15, 0.2) is 40.9 Å². The fourth-order valence-corrected chi connectivity index (χ4v) is 6.59. The van der Waals surface area contributed by atoms with Crippen LogP contribution in [0.3, 0.4) is 0 Å². The van der Waals surface area contributed by atoms with E-state index in [0.29, 0.717) is 55.3 Å². The van der Waals surface area contributed by atoms with E-state index in [9.17, 15) is 14.7 Å². The molecule has 11 heteroatoms. The molecule has 0 bridgehead atoms. The first kappa shape index (κ1) is 33.5. The molecule has 0 aromatic heterocycles. The summed E-state index contributed by atoms with van der Waals surface area (Å²) in [6.45, 7) is 8.93. The highest BCUT2D eigenvalue weighted by atomic mass is 79.9. The van der Waals surface area contributed by atoms with Crippen LogP contribution >= 0.6 is 27.5 Å². The van der Waals surface area contributed by atoms with Crippen molar-refractivity contribution in [1.29, 1.82) is 0 Å². The SMILES string of the molecule is CN(Cc1cc(COC2CC(C(=O)O)[N+](C)(C)C2)cc(OCc2ccc(Cl)cc2Br)c1)C1CCN(C(=O)OC(C)(C)C)C1. The lowest BCUT2D eigenvalue weighted by molar-refractivity contribution is -0.895. The van der Waals surface area contributed by atoms with E-state index in [1.807, 2.05) is 65.2 Å². The Bertz CT molecular complexity index is 1320. The summed E-state index contributed by atoms with van der Waals surface area (Å²) in [5.41, 5.74) is 2.48. The number of likely N-dealkylation sites (N-methyl/N-ethyl adjacent to an activating group) is 2. The fourth-order valence-electron chi connectivity index (χ4n) is 5.79. The second-order valence-corrected chi connectivity index (χ2v) is 14.6. The highest BCUT2D eigenvalue weighted by molar-refractivity contribution is 9.10. The summed E-state index contributed by atoms with van der Waals surface area (Å²) in [6, 6.07) is 11.5. The number of hydrogen-bond acceptors (Lipinski definition) is 6. The van der Waals surface area contributed by atoms with Gasteiger partial charge in [-0.1, -0.05) is 39.7 Å². The molecule has 1 amide bonds. The number of carboxylic acids is 1. The molecule has 2 fully saturated rings. The molecular formula is C32H44BrClN3O6+. The number of aliphatic carboxylic acids is 1. The smallest absolute Gasteiger partial charge is 0.410 e.